The molecular formula is C11H24O9P2. The van der Waals surface area contributed by atoms with Crippen LogP contribution in [0.15, 0.2) is 0 Å². The molecule has 4 unspecified atom stereocenters. The standard InChI is InChI=1S/C11H24O9P2/c1-3-10(22(17,18)19)6-8(11(13)14)5-9(4-7(2)12)20-21(15)16/h7-10,12,15-16H,3-6H2,1-2H3,(H,13,14)(H2,17,18,19). The summed E-state index contributed by atoms with van der Waals surface area (Å²) in [6.45, 7) is 2.99. The highest BCUT2D eigenvalue weighted by molar-refractivity contribution is 7.52. The summed E-state index contributed by atoms with van der Waals surface area (Å²) < 4.78 is 16.1. The smallest absolute Gasteiger partial charge is 0.328 e. The van der Waals surface area contributed by atoms with E-state index in [4.69, 9.17) is 14.3 Å². The van der Waals surface area contributed by atoms with E-state index in [1.54, 1.807) is 6.92 Å². The van der Waals surface area contributed by atoms with Crippen LogP contribution in [0.1, 0.15) is 39.5 Å². The first-order valence-electron chi connectivity index (χ1n) is 6.78. The van der Waals surface area contributed by atoms with Gasteiger partial charge < -0.3 is 34.3 Å². The van der Waals surface area contributed by atoms with Gasteiger partial charge in [-0.3, -0.25) is 9.36 Å². The van der Waals surface area contributed by atoms with Crippen LogP contribution in [-0.2, 0) is 13.9 Å². The lowest BCUT2D eigenvalue weighted by Gasteiger charge is -2.25. The van der Waals surface area contributed by atoms with E-state index in [2.05, 4.69) is 0 Å². The van der Waals surface area contributed by atoms with E-state index in [1.165, 1.54) is 6.92 Å². The van der Waals surface area contributed by atoms with Crippen LogP contribution in [0.5, 0.6) is 0 Å². The molecule has 0 aromatic carbocycles. The first-order valence-corrected chi connectivity index (χ1v) is 9.62. The van der Waals surface area contributed by atoms with Gasteiger partial charge in [0.05, 0.1) is 23.8 Å². The van der Waals surface area contributed by atoms with E-state index in [1.807, 2.05) is 0 Å². The summed E-state index contributed by atoms with van der Waals surface area (Å²) in [4.78, 5) is 47.5. The number of aliphatic carboxylic acids is 1. The molecule has 0 aliphatic heterocycles. The summed E-state index contributed by atoms with van der Waals surface area (Å²) in [6.07, 6.45) is -2.13. The molecule has 0 aliphatic carbocycles. The van der Waals surface area contributed by atoms with Gasteiger partial charge in [-0.25, -0.2) is 0 Å². The predicted molar refractivity (Wildman–Crippen MR) is 79.0 cm³/mol. The number of rotatable bonds is 11. The zero-order chi connectivity index (χ0) is 17.5. The molecule has 0 rings (SSSR count). The Labute approximate surface area is 130 Å². The molecule has 0 saturated heterocycles. The van der Waals surface area contributed by atoms with Crippen LogP contribution < -0.4 is 0 Å². The Morgan fingerprint density at radius 3 is 2.09 bits per heavy atom. The first-order chi connectivity index (χ1) is 9.97. The largest absolute Gasteiger partial charge is 0.481 e. The second-order valence-corrected chi connectivity index (χ2v) is 7.85. The van der Waals surface area contributed by atoms with E-state index < -0.39 is 46.0 Å². The number of carboxylic acids is 1. The molecule has 0 amide bonds. The van der Waals surface area contributed by atoms with Gasteiger partial charge in [-0.05, 0) is 32.6 Å². The average Bonchev–Trinajstić information content (AvgIpc) is 2.30. The van der Waals surface area contributed by atoms with Gasteiger partial charge in [-0.2, -0.15) is 0 Å². The number of aliphatic hydroxyl groups is 1. The van der Waals surface area contributed by atoms with Crippen LogP contribution in [0, 0.1) is 5.92 Å². The van der Waals surface area contributed by atoms with E-state index in [-0.39, 0.29) is 25.7 Å². The molecule has 0 spiro atoms. The predicted octanol–water partition coefficient (Wildman–Crippen LogP) is 0.791. The Kier molecular flexibility index (Phi) is 9.85. The Hall–Kier alpha value is -0.110. The first kappa shape index (κ1) is 21.9. The van der Waals surface area contributed by atoms with Crippen molar-refractivity contribution in [2.24, 2.45) is 5.92 Å². The molecule has 11 heteroatoms. The van der Waals surface area contributed by atoms with Crippen LogP contribution in [0.2, 0.25) is 0 Å². The van der Waals surface area contributed by atoms with Gasteiger partial charge >= 0.3 is 22.2 Å². The van der Waals surface area contributed by atoms with Crippen molar-refractivity contribution in [3.05, 3.63) is 0 Å². The molecular weight excluding hydrogens is 338 g/mol. The van der Waals surface area contributed by atoms with Crippen molar-refractivity contribution in [1.29, 1.82) is 0 Å². The van der Waals surface area contributed by atoms with Crippen molar-refractivity contribution in [3.8, 4) is 0 Å². The quantitative estimate of drug-likeness (QED) is 0.291. The van der Waals surface area contributed by atoms with Crippen molar-refractivity contribution in [2.75, 3.05) is 0 Å². The minimum Gasteiger partial charge on any atom is -0.481 e. The van der Waals surface area contributed by atoms with Crippen LogP contribution in [0.3, 0.4) is 0 Å². The van der Waals surface area contributed by atoms with Crippen LogP contribution in [0.25, 0.3) is 0 Å². The lowest BCUT2D eigenvalue weighted by molar-refractivity contribution is -0.143. The van der Waals surface area contributed by atoms with E-state index >= 15 is 0 Å². The third-order valence-corrected chi connectivity index (χ3v) is 5.26. The van der Waals surface area contributed by atoms with Gasteiger partial charge in [0, 0.05) is 0 Å². The number of hydrogen-bond acceptors (Lipinski definition) is 6. The molecule has 0 bridgehead atoms. The van der Waals surface area contributed by atoms with Crippen LogP contribution in [-0.4, -0.2) is 53.6 Å². The zero-order valence-electron chi connectivity index (χ0n) is 12.4. The zero-order valence-corrected chi connectivity index (χ0v) is 14.2. The van der Waals surface area contributed by atoms with Gasteiger partial charge in [0.25, 0.3) is 0 Å². The molecule has 0 aliphatic rings. The SMILES string of the molecule is CCC(CC(CC(CC(C)O)OP(O)O)C(=O)O)P(=O)(O)O. The molecule has 4 atom stereocenters. The van der Waals surface area contributed by atoms with Crippen LogP contribution >= 0.6 is 16.2 Å². The van der Waals surface area contributed by atoms with Gasteiger partial charge in [0.2, 0.25) is 0 Å². The minimum atomic E-state index is -4.42. The lowest BCUT2D eigenvalue weighted by Crippen LogP contribution is -2.28. The van der Waals surface area contributed by atoms with E-state index in [9.17, 15) is 29.4 Å². The maximum atomic E-state index is 11.3. The molecule has 132 valence electrons. The Bertz CT molecular complexity index is 372. The normalized spacial score (nSPS) is 18.0. The highest BCUT2D eigenvalue weighted by atomic mass is 31.2. The number of carbonyl (C=O) groups is 1. The van der Waals surface area contributed by atoms with Gasteiger partial charge in [0.1, 0.15) is 0 Å². The molecule has 0 fully saturated rings. The fourth-order valence-electron chi connectivity index (χ4n) is 2.18. The van der Waals surface area contributed by atoms with Crippen molar-refractivity contribution in [1.82, 2.24) is 0 Å². The van der Waals surface area contributed by atoms with Crippen LogP contribution in [0.4, 0.5) is 0 Å². The Morgan fingerprint density at radius 1 is 1.23 bits per heavy atom. The van der Waals surface area contributed by atoms with Gasteiger partial charge in [-0.1, -0.05) is 6.92 Å². The maximum Gasteiger partial charge on any atom is 0.328 e. The summed E-state index contributed by atoms with van der Waals surface area (Å²) in [5.41, 5.74) is -1.09. The minimum absolute atomic E-state index is 0.0174. The summed E-state index contributed by atoms with van der Waals surface area (Å²) >= 11 is 0. The summed E-state index contributed by atoms with van der Waals surface area (Å²) in [5.74, 6) is -2.39. The fraction of sp³-hybridized carbons (Fsp3) is 0.909. The summed E-state index contributed by atoms with van der Waals surface area (Å²) in [5, 5.41) is 18.5. The Morgan fingerprint density at radius 2 is 1.77 bits per heavy atom. The lowest BCUT2D eigenvalue weighted by atomic mass is 9.93. The summed E-state index contributed by atoms with van der Waals surface area (Å²) in [6, 6.07) is 0. The molecule has 0 radical (unpaired) electrons. The number of aliphatic hydroxyl groups excluding tert-OH is 1. The Balaban J connectivity index is 4.98. The third-order valence-electron chi connectivity index (χ3n) is 3.25. The average molecular weight is 362 g/mol. The van der Waals surface area contributed by atoms with Crippen molar-refractivity contribution in [2.45, 2.75) is 57.4 Å². The molecule has 0 saturated carbocycles. The van der Waals surface area contributed by atoms with E-state index in [0.29, 0.717) is 0 Å². The maximum absolute atomic E-state index is 11.3. The summed E-state index contributed by atoms with van der Waals surface area (Å²) in [7, 11) is -7.14. The monoisotopic (exact) mass is 362 g/mol. The molecule has 0 aromatic heterocycles. The van der Waals surface area contributed by atoms with Gasteiger partial charge in [-0.15, -0.1) is 0 Å². The topological polar surface area (TPSA) is 165 Å². The molecule has 9 nitrogen and oxygen atoms in total. The molecule has 0 aromatic rings. The van der Waals surface area contributed by atoms with E-state index in [0.717, 1.165) is 0 Å². The second-order valence-electron chi connectivity index (χ2n) is 5.22. The highest BCUT2D eigenvalue weighted by Gasteiger charge is 2.34. The second kappa shape index (κ2) is 9.90. The molecule has 0 heterocycles. The highest BCUT2D eigenvalue weighted by Crippen LogP contribution is 2.46. The van der Waals surface area contributed by atoms with Crippen molar-refractivity contribution < 1.29 is 43.7 Å². The van der Waals surface area contributed by atoms with Gasteiger partial charge in [0.15, 0.2) is 0 Å². The van der Waals surface area contributed by atoms with Crippen molar-refractivity contribution in [3.63, 3.8) is 0 Å². The molecule has 22 heavy (non-hydrogen) atoms. The third kappa shape index (κ3) is 9.12. The van der Waals surface area contributed by atoms with Crippen molar-refractivity contribution >= 4 is 22.2 Å². The number of carboxylic acid groups (broad SMARTS) is 1. The fourth-order valence-corrected chi connectivity index (χ4v) is 3.63. The molecule has 6 N–H and O–H groups in total. The number of hydrogen-bond donors (Lipinski definition) is 6.